The lowest BCUT2D eigenvalue weighted by Gasteiger charge is -2.24. The Hall–Kier alpha value is -2.55. The van der Waals surface area contributed by atoms with Crippen molar-refractivity contribution in [1.29, 1.82) is 5.26 Å². The van der Waals surface area contributed by atoms with Crippen LogP contribution in [-0.2, 0) is 4.74 Å². The quantitative estimate of drug-likeness (QED) is 0.782. The van der Waals surface area contributed by atoms with Crippen molar-refractivity contribution in [3.05, 3.63) is 29.8 Å². The molecular weight excluding hydrogens is 294 g/mol. The van der Waals surface area contributed by atoms with Gasteiger partial charge >= 0.3 is 12.0 Å². The Labute approximate surface area is 137 Å². The summed E-state index contributed by atoms with van der Waals surface area (Å²) >= 11 is 0. The van der Waals surface area contributed by atoms with Gasteiger partial charge in [0.25, 0.3) is 0 Å². The van der Waals surface area contributed by atoms with E-state index in [9.17, 15) is 9.59 Å². The molecule has 23 heavy (non-hydrogen) atoms. The number of nitrogens with one attached hydrogen (secondary N) is 1. The minimum atomic E-state index is -0.388. The summed E-state index contributed by atoms with van der Waals surface area (Å²) < 4.78 is 4.91. The van der Waals surface area contributed by atoms with Crippen molar-refractivity contribution in [3.8, 4) is 6.07 Å². The van der Waals surface area contributed by atoms with Gasteiger partial charge in [-0.1, -0.05) is 13.8 Å². The molecule has 0 atom stereocenters. The van der Waals surface area contributed by atoms with Crippen LogP contribution in [0.2, 0.25) is 0 Å². The Kier molecular flexibility index (Phi) is 7.61. The average molecular weight is 317 g/mol. The second kappa shape index (κ2) is 9.46. The molecule has 2 amide bonds. The lowest BCUT2D eigenvalue weighted by Crippen LogP contribution is -2.38. The lowest BCUT2D eigenvalue weighted by molar-refractivity contribution is 0.0526. The van der Waals surface area contributed by atoms with Crippen molar-refractivity contribution in [3.63, 3.8) is 0 Å². The summed E-state index contributed by atoms with van der Waals surface area (Å²) in [6.07, 6.45) is 0.294. The molecule has 0 unspecified atom stereocenters. The predicted octanol–water partition coefficient (Wildman–Crippen LogP) is 3.27. The molecule has 0 bridgehead atoms. The molecule has 0 fully saturated rings. The van der Waals surface area contributed by atoms with Crippen molar-refractivity contribution in [2.45, 2.75) is 27.2 Å². The molecule has 0 saturated heterocycles. The zero-order valence-electron chi connectivity index (χ0n) is 13.8. The van der Waals surface area contributed by atoms with Gasteiger partial charge in [-0.05, 0) is 37.1 Å². The third-order valence-corrected chi connectivity index (χ3v) is 3.01. The maximum atomic E-state index is 12.3. The summed E-state index contributed by atoms with van der Waals surface area (Å²) in [4.78, 5) is 25.5. The van der Waals surface area contributed by atoms with Gasteiger partial charge < -0.3 is 15.0 Å². The molecule has 1 aromatic carbocycles. The van der Waals surface area contributed by atoms with Crippen molar-refractivity contribution >= 4 is 17.7 Å². The fourth-order valence-electron chi connectivity index (χ4n) is 2.01. The first-order valence-electron chi connectivity index (χ1n) is 7.68. The fraction of sp³-hybridized carbons (Fsp3) is 0.471. The third kappa shape index (κ3) is 6.39. The molecule has 6 heteroatoms. The minimum absolute atomic E-state index is 0.252. The first kappa shape index (κ1) is 18.5. The maximum Gasteiger partial charge on any atom is 0.338 e. The Morgan fingerprint density at radius 3 is 2.48 bits per heavy atom. The van der Waals surface area contributed by atoms with Crippen molar-refractivity contribution in [2.24, 2.45) is 5.92 Å². The Morgan fingerprint density at radius 1 is 1.30 bits per heavy atom. The molecule has 0 aliphatic heterocycles. The molecule has 0 spiro atoms. The van der Waals surface area contributed by atoms with E-state index in [0.29, 0.717) is 43.3 Å². The highest BCUT2D eigenvalue weighted by Gasteiger charge is 2.15. The average Bonchev–Trinajstić information content (AvgIpc) is 2.52. The number of carbonyl (C=O) groups is 2. The van der Waals surface area contributed by atoms with Crippen LogP contribution in [0.5, 0.6) is 0 Å². The van der Waals surface area contributed by atoms with E-state index in [1.807, 2.05) is 19.9 Å². The number of amides is 2. The van der Waals surface area contributed by atoms with Crippen LogP contribution < -0.4 is 5.32 Å². The van der Waals surface area contributed by atoms with E-state index < -0.39 is 0 Å². The molecule has 0 radical (unpaired) electrons. The molecule has 0 aliphatic rings. The molecule has 6 nitrogen and oxygen atoms in total. The first-order valence-corrected chi connectivity index (χ1v) is 7.68. The largest absolute Gasteiger partial charge is 0.462 e. The summed E-state index contributed by atoms with van der Waals surface area (Å²) in [7, 11) is 0. The molecule has 124 valence electrons. The number of anilines is 1. The maximum absolute atomic E-state index is 12.3. The monoisotopic (exact) mass is 317 g/mol. The van der Waals surface area contributed by atoms with Gasteiger partial charge in [0.2, 0.25) is 0 Å². The SMILES string of the molecule is CCOC(=O)c1ccc(NC(=O)N(CCC#N)CC(C)C)cc1. The predicted molar refractivity (Wildman–Crippen MR) is 88.1 cm³/mol. The van der Waals surface area contributed by atoms with Gasteiger partial charge in [-0.2, -0.15) is 5.26 Å². The smallest absolute Gasteiger partial charge is 0.338 e. The number of esters is 1. The molecule has 1 aromatic rings. The van der Waals surface area contributed by atoms with Gasteiger partial charge in [-0.15, -0.1) is 0 Å². The molecule has 0 saturated carbocycles. The van der Waals surface area contributed by atoms with Crippen molar-refractivity contribution in [2.75, 3.05) is 25.0 Å². The first-order chi connectivity index (χ1) is 11.0. The van der Waals surface area contributed by atoms with Gasteiger partial charge in [0, 0.05) is 18.8 Å². The minimum Gasteiger partial charge on any atom is -0.462 e. The number of benzene rings is 1. The van der Waals surface area contributed by atoms with Crippen LogP contribution >= 0.6 is 0 Å². The highest BCUT2D eigenvalue weighted by Crippen LogP contribution is 2.12. The summed E-state index contributed by atoms with van der Waals surface area (Å²) in [6.45, 7) is 7.06. The van der Waals surface area contributed by atoms with E-state index in [1.54, 1.807) is 36.1 Å². The van der Waals surface area contributed by atoms with E-state index in [2.05, 4.69) is 5.32 Å². The van der Waals surface area contributed by atoms with Crippen molar-refractivity contribution < 1.29 is 14.3 Å². The molecular formula is C17H23N3O3. The van der Waals surface area contributed by atoms with Crippen LogP contribution in [0.4, 0.5) is 10.5 Å². The van der Waals surface area contributed by atoms with Crippen LogP contribution in [-0.4, -0.2) is 36.6 Å². The summed E-state index contributed by atoms with van der Waals surface area (Å²) in [5, 5.41) is 11.5. The Morgan fingerprint density at radius 2 is 1.96 bits per heavy atom. The highest BCUT2D eigenvalue weighted by molar-refractivity contribution is 5.92. The summed E-state index contributed by atoms with van der Waals surface area (Å²) in [6, 6.07) is 8.32. The number of hydrogen-bond acceptors (Lipinski definition) is 4. The molecule has 0 heterocycles. The molecule has 0 aliphatic carbocycles. The van der Waals surface area contributed by atoms with Crippen LogP contribution in [0, 0.1) is 17.2 Å². The molecule has 0 aromatic heterocycles. The number of carbonyl (C=O) groups excluding carboxylic acids is 2. The van der Waals surface area contributed by atoms with Gasteiger partial charge in [-0.3, -0.25) is 0 Å². The summed E-state index contributed by atoms with van der Waals surface area (Å²) in [5.74, 6) is -0.0773. The van der Waals surface area contributed by atoms with E-state index in [-0.39, 0.29) is 12.0 Å². The van der Waals surface area contributed by atoms with Gasteiger partial charge in [0.1, 0.15) is 0 Å². The number of ether oxygens (including phenoxy) is 1. The van der Waals surface area contributed by atoms with E-state index in [4.69, 9.17) is 10.00 Å². The third-order valence-electron chi connectivity index (χ3n) is 3.01. The molecule has 1 N–H and O–H groups in total. The van der Waals surface area contributed by atoms with Crippen LogP contribution in [0.1, 0.15) is 37.6 Å². The standard InChI is InChI=1S/C17H23N3O3/c1-4-23-16(21)14-6-8-15(9-7-14)19-17(22)20(11-5-10-18)12-13(2)3/h6-9,13H,4-5,11-12H2,1-3H3,(H,19,22). The van der Waals surface area contributed by atoms with Crippen molar-refractivity contribution in [1.82, 2.24) is 4.90 Å². The zero-order valence-corrected chi connectivity index (χ0v) is 13.8. The number of nitriles is 1. The van der Waals surface area contributed by atoms with Gasteiger partial charge in [0.15, 0.2) is 0 Å². The highest BCUT2D eigenvalue weighted by atomic mass is 16.5. The fourth-order valence-corrected chi connectivity index (χ4v) is 2.01. The molecule has 1 rings (SSSR count). The van der Waals surface area contributed by atoms with Crippen LogP contribution in [0.25, 0.3) is 0 Å². The van der Waals surface area contributed by atoms with E-state index in [0.717, 1.165) is 0 Å². The Bertz CT molecular complexity index is 561. The lowest BCUT2D eigenvalue weighted by atomic mass is 10.2. The second-order valence-corrected chi connectivity index (χ2v) is 5.48. The van der Waals surface area contributed by atoms with Gasteiger partial charge in [-0.25, -0.2) is 9.59 Å². The van der Waals surface area contributed by atoms with Crippen LogP contribution in [0.3, 0.4) is 0 Å². The summed E-state index contributed by atoms with van der Waals surface area (Å²) in [5.41, 5.74) is 1.03. The van der Waals surface area contributed by atoms with Gasteiger partial charge in [0.05, 0.1) is 24.7 Å². The number of urea groups is 1. The van der Waals surface area contributed by atoms with E-state index >= 15 is 0 Å². The zero-order chi connectivity index (χ0) is 17.2. The van der Waals surface area contributed by atoms with Crippen LogP contribution in [0.15, 0.2) is 24.3 Å². The number of rotatable bonds is 7. The normalized spacial score (nSPS) is 10.0. The Balaban J connectivity index is 2.70. The number of nitrogens with zero attached hydrogens (tertiary/aromatic N) is 2. The second-order valence-electron chi connectivity index (χ2n) is 5.48. The van der Waals surface area contributed by atoms with E-state index in [1.165, 1.54) is 0 Å². The number of hydrogen-bond donors (Lipinski definition) is 1. The topological polar surface area (TPSA) is 82.4 Å².